The average Bonchev–Trinajstić information content (AvgIpc) is 2.93. The third-order valence-corrected chi connectivity index (χ3v) is 4.47. The van der Waals surface area contributed by atoms with E-state index >= 15 is 0 Å². The van der Waals surface area contributed by atoms with Crippen LogP contribution in [-0.4, -0.2) is 27.2 Å². The zero-order chi connectivity index (χ0) is 16.1. The maximum atomic E-state index is 6.09. The van der Waals surface area contributed by atoms with Gasteiger partial charge in [0.05, 0.1) is 6.61 Å². The summed E-state index contributed by atoms with van der Waals surface area (Å²) in [6, 6.07) is 17.5. The van der Waals surface area contributed by atoms with Crippen molar-refractivity contribution in [2.24, 2.45) is 0 Å². The Morgan fingerprint density at radius 2 is 1.91 bits per heavy atom. The molecule has 2 aromatic carbocycles. The lowest BCUT2D eigenvalue weighted by Gasteiger charge is -2.06. The predicted octanol–water partition coefficient (Wildman–Crippen LogP) is 3.59. The minimum Gasteiger partial charge on any atom is -0.493 e. The topological polar surface area (TPSA) is 66.0 Å². The first-order valence-electron chi connectivity index (χ1n) is 7.01. The summed E-state index contributed by atoms with van der Waals surface area (Å²) in [6.45, 7) is 0.577. The first-order valence-corrected chi connectivity index (χ1v) is 8.79. The third kappa shape index (κ3) is 4.05. The molecule has 118 valence electrons. The van der Waals surface area contributed by atoms with Crippen LogP contribution in [0.2, 0.25) is 0 Å². The molecule has 0 bridgehead atoms. The van der Waals surface area contributed by atoms with Gasteiger partial charge in [-0.15, -0.1) is 10.2 Å². The molecule has 7 heteroatoms. The van der Waals surface area contributed by atoms with Gasteiger partial charge in [-0.25, -0.2) is 4.68 Å². The van der Waals surface area contributed by atoms with Crippen LogP contribution in [0.25, 0.3) is 11.4 Å². The molecule has 0 atom stereocenters. The predicted molar refractivity (Wildman–Crippen MR) is 96.0 cm³/mol. The lowest BCUT2D eigenvalue weighted by Crippen LogP contribution is -2.12. The van der Waals surface area contributed by atoms with E-state index in [-0.39, 0.29) is 0 Å². The molecule has 0 aliphatic carbocycles. The second-order valence-corrected chi connectivity index (χ2v) is 6.67. The van der Waals surface area contributed by atoms with Crippen LogP contribution < -0.4 is 10.6 Å². The number of nitrogens with zero attached hydrogens (tertiary/aromatic N) is 3. The van der Waals surface area contributed by atoms with E-state index in [1.165, 1.54) is 16.4 Å². The molecule has 0 amide bonds. The molecule has 0 spiro atoms. The summed E-state index contributed by atoms with van der Waals surface area (Å²) in [4.78, 5) is 0. The standard InChI is InChI=1S/C16H15BrN4OS/c17-13-6-4-5-12(11-13)15-19-20-16(21(15)18)23-10-9-22-14-7-2-1-3-8-14/h1-8,11H,9-10,18H2. The maximum Gasteiger partial charge on any atom is 0.210 e. The molecule has 23 heavy (non-hydrogen) atoms. The quantitative estimate of drug-likeness (QED) is 0.395. The molecule has 3 aromatic rings. The second-order valence-electron chi connectivity index (χ2n) is 4.70. The number of nitrogen functional groups attached to an aromatic ring is 1. The van der Waals surface area contributed by atoms with E-state index in [0.29, 0.717) is 17.6 Å². The van der Waals surface area contributed by atoms with Gasteiger partial charge in [-0.1, -0.05) is 58.0 Å². The minimum atomic E-state index is 0.577. The number of rotatable bonds is 6. The van der Waals surface area contributed by atoms with Crippen molar-refractivity contribution >= 4 is 27.7 Å². The second kappa shape index (κ2) is 7.52. The van der Waals surface area contributed by atoms with Crippen LogP contribution in [-0.2, 0) is 0 Å². The summed E-state index contributed by atoms with van der Waals surface area (Å²) in [5.74, 6) is 8.33. The van der Waals surface area contributed by atoms with Crippen molar-refractivity contribution < 1.29 is 4.74 Å². The van der Waals surface area contributed by atoms with Crippen LogP contribution >= 0.6 is 27.7 Å². The highest BCUT2D eigenvalue weighted by Crippen LogP contribution is 2.24. The number of aromatic nitrogens is 3. The summed E-state index contributed by atoms with van der Waals surface area (Å²) in [6.07, 6.45) is 0. The van der Waals surface area contributed by atoms with Crippen molar-refractivity contribution in [1.82, 2.24) is 14.9 Å². The van der Waals surface area contributed by atoms with Gasteiger partial charge >= 0.3 is 0 Å². The van der Waals surface area contributed by atoms with E-state index in [9.17, 15) is 0 Å². The smallest absolute Gasteiger partial charge is 0.210 e. The van der Waals surface area contributed by atoms with E-state index in [1.807, 2.05) is 54.6 Å². The lowest BCUT2D eigenvalue weighted by molar-refractivity contribution is 0.344. The van der Waals surface area contributed by atoms with Crippen LogP contribution in [0, 0.1) is 0 Å². The van der Waals surface area contributed by atoms with Gasteiger partial charge in [0.15, 0.2) is 5.82 Å². The SMILES string of the molecule is Nn1c(SCCOc2ccccc2)nnc1-c1cccc(Br)c1. The van der Waals surface area contributed by atoms with Crippen molar-refractivity contribution in [2.45, 2.75) is 5.16 Å². The molecule has 0 saturated carbocycles. The Kier molecular flexibility index (Phi) is 5.19. The van der Waals surface area contributed by atoms with Crippen LogP contribution in [0.5, 0.6) is 5.75 Å². The number of para-hydroxylation sites is 1. The Bertz CT molecular complexity index is 779. The summed E-state index contributed by atoms with van der Waals surface area (Å²) >= 11 is 4.96. The monoisotopic (exact) mass is 390 g/mol. The number of ether oxygens (including phenoxy) is 1. The van der Waals surface area contributed by atoms with Crippen molar-refractivity contribution in [3.8, 4) is 17.1 Å². The molecule has 0 aliphatic heterocycles. The maximum absolute atomic E-state index is 6.09. The van der Waals surface area contributed by atoms with Crippen molar-refractivity contribution in [1.29, 1.82) is 0 Å². The Hall–Kier alpha value is -1.99. The fraction of sp³-hybridized carbons (Fsp3) is 0.125. The number of hydrogen-bond donors (Lipinski definition) is 1. The van der Waals surface area contributed by atoms with E-state index in [4.69, 9.17) is 10.6 Å². The van der Waals surface area contributed by atoms with Gasteiger partial charge in [0.25, 0.3) is 0 Å². The van der Waals surface area contributed by atoms with Gasteiger partial charge in [-0.3, -0.25) is 0 Å². The molecular formula is C16H15BrN4OS. The molecule has 0 fully saturated rings. The molecular weight excluding hydrogens is 376 g/mol. The minimum absolute atomic E-state index is 0.577. The molecule has 2 N–H and O–H groups in total. The number of hydrogen-bond acceptors (Lipinski definition) is 5. The largest absolute Gasteiger partial charge is 0.493 e. The molecule has 3 rings (SSSR count). The lowest BCUT2D eigenvalue weighted by atomic mass is 10.2. The number of halogens is 1. The van der Waals surface area contributed by atoms with Crippen LogP contribution in [0.3, 0.4) is 0 Å². The van der Waals surface area contributed by atoms with Gasteiger partial charge in [-0.05, 0) is 24.3 Å². The Labute approximate surface area is 147 Å². The zero-order valence-corrected chi connectivity index (χ0v) is 14.6. The summed E-state index contributed by atoms with van der Waals surface area (Å²) in [7, 11) is 0. The summed E-state index contributed by atoms with van der Waals surface area (Å²) in [5.41, 5.74) is 0.918. The molecule has 0 radical (unpaired) electrons. The average molecular weight is 391 g/mol. The van der Waals surface area contributed by atoms with Gasteiger partial charge in [0.2, 0.25) is 5.16 Å². The number of nitrogens with two attached hydrogens (primary N) is 1. The molecule has 5 nitrogen and oxygen atoms in total. The molecule has 0 unspecified atom stereocenters. The highest BCUT2D eigenvalue weighted by Gasteiger charge is 2.12. The number of benzene rings is 2. The van der Waals surface area contributed by atoms with E-state index in [1.54, 1.807) is 0 Å². The van der Waals surface area contributed by atoms with E-state index in [2.05, 4.69) is 26.1 Å². The van der Waals surface area contributed by atoms with Crippen molar-refractivity contribution in [2.75, 3.05) is 18.2 Å². The molecule has 1 heterocycles. The fourth-order valence-corrected chi connectivity index (χ4v) is 3.08. The van der Waals surface area contributed by atoms with Crippen molar-refractivity contribution in [3.05, 3.63) is 59.1 Å². The van der Waals surface area contributed by atoms with Gasteiger partial charge in [0.1, 0.15) is 5.75 Å². The van der Waals surface area contributed by atoms with Gasteiger partial charge < -0.3 is 10.6 Å². The van der Waals surface area contributed by atoms with E-state index in [0.717, 1.165) is 21.5 Å². The normalized spacial score (nSPS) is 10.7. The van der Waals surface area contributed by atoms with Crippen LogP contribution in [0.15, 0.2) is 64.2 Å². The van der Waals surface area contributed by atoms with Crippen LogP contribution in [0.1, 0.15) is 0 Å². The zero-order valence-electron chi connectivity index (χ0n) is 12.2. The molecule has 0 aliphatic rings. The van der Waals surface area contributed by atoms with Gasteiger partial charge in [-0.2, -0.15) is 0 Å². The third-order valence-electron chi connectivity index (χ3n) is 3.07. The summed E-state index contributed by atoms with van der Waals surface area (Å²) in [5, 5.41) is 8.98. The summed E-state index contributed by atoms with van der Waals surface area (Å²) < 4.78 is 8.13. The Balaban J connectivity index is 1.59. The highest BCUT2D eigenvalue weighted by molar-refractivity contribution is 9.10. The molecule has 1 aromatic heterocycles. The van der Waals surface area contributed by atoms with E-state index < -0.39 is 0 Å². The molecule has 0 saturated heterocycles. The Morgan fingerprint density at radius 1 is 1.09 bits per heavy atom. The Morgan fingerprint density at radius 3 is 2.70 bits per heavy atom. The first-order chi connectivity index (χ1) is 11.2. The van der Waals surface area contributed by atoms with Crippen molar-refractivity contribution in [3.63, 3.8) is 0 Å². The first kappa shape index (κ1) is 15.9. The highest BCUT2D eigenvalue weighted by atomic mass is 79.9. The number of thioether (sulfide) groups is 1. The van der Waals surface area contributed by atoms with Crippen LogP contribution in [0.4, 0.5) is 0 Å². The fourth-order valence-electron chi connectivity index (χ4n) is 2.01. The van der Waals surface area contributed by atoms with Gasteiger partial charge in [0, 0.05) is 15.8 Å².